The van der Waals surface area contributed by atoms with Crippen molar-refractivity contribution in [2.45, 2.75) is 6.92 Å². The predicted octanol–water partition coefficient (Wildman–Crippen LogP) is 0.359. The van der Waals surface area contributed by atoms with Crippen molar-refractivity contribution in [2.24, 2.45) is 0 Å². The van der Waals surface area contributed by atoms with Crippen LogP contribution in [-0.2, 0) is 21.6 Å². The van der Waals surface area contributed by atoms with Crippen molar-refractivity contribution in [3.63, 3.8) is 0 Å². The first-order valence-electron chi connectivity index (χ1n) is 2.68. The minimum Gasteiger partial charge on any atom is -0.254 e. The van der Waals surface area contributed by atoms with Crippen LogP contribution < -0.4 is 0 Å². The Labute approximate surface area is 59.3 Å². The topological polar surface area (TPSA) is 34.1 Å². The van der Waals surface area contributed by atoms with E-state index in [1.165, 1.54) is 0 Å². The molecule has 0 aromatic carbocycles. The van der Waals surface area contributed by atoms with Crippen molar-refractivity contribution in [3.8, 4) is 0 Å². The first-order chi connectivity index (χ1) is 4.25. The highest BCUT2D eigenvalue weighted by molar-refractivity contribution is 8.11. The van der Waals surface area contributed by atoms with E-state index in [1.807, 2.05) is 0 Å². The Balaban J connectivity index is 2.91. The molecule has 1 saturated heterocycles. The second-order valence-electron chi connectivity index (χ2n) is 1.71. The van der Waals surface area contributed by atoms with Gasteiger partial charge in [0, 0.05) is 11.5 Å². The van der Waals surface area contributed by atoms with Crippen LogP contribution in [0.25, 0.3) is 0 Å². The second-order valence-corrected chi connectivity index (χ2v) is 5.04. The van der Waals surface area contributed by atoms with E-state index in [2.05, 4.69) is 0 Å². The van der Waals surface area contributed by atoms with Crippen molar-refractivity contribution in [1.82, 2.24) is 0 Å². The Morgan fingerprint density at radius 2 is 1.78 bits per heavy atom. The molecule has 0 bridgehead atoms. The third-order valence-electron chi connectivity index (χ3n) is 1.14. The molecule has 0 radical (unpaired) electrons. The van der Waals surface area contributed by atoms with Gasteiger partial charge in [0.25, 0.3) is 0 Å². The monoisotopic (exact) mass is 164 g/mol. The van der Waals surface area contributed by atoms with Gasteiger partial charge in [-0.3, -0.25) is 8.42 Å². The molecule has 2 atom stereocenters. The van der Waals surface area contributed by atoms with Gasteiger partial charge < -0.3 is 0 Å². The Morgan fingerprint density at radius 3 is 2.00 bits per heavy atom. The van der Waals surface area contributed by atoms with Gasteiger partial charge in [-0.2, -0.15) is 0 Å². The van der Waals surface area contributed by atoms with Crippen molar-refractivity contribution in [3.05, 3.63) is 10.3 Å². The van der Waals surface area contributed by atoms with Gasteiger partial charge in [-0.1, -0.05) is 6.08 Å². The fourth-order valence-corrected chi connectivity index (χ4v) is 4.19. The minimum atomic E-state index is -0.930. The summed E-state index contributed by atoms with van der Waals surface area (Å²) in [4.78, 5) is 0. The molecule has 0 spiro atoms. The lowest BCUT2D eigenvalue weighted by atomic mass is 10.8. The molecule has 1 fully saturated rings. The first-order valence-corrected chi connectivity index (χ1v) is 5.32. The summed E-state index contributed by atoms with van der Waals surface area (Å²) in [6.07, 6.45) is 1.69. The third kappa shape index (κ3) is 1.30. The maximum absolute atomic E-state index is 10.9. The van der Waals surface area contributed by atoms with E-state index in [1.54, 1.807) is 13.0 Å². The van der Waals surface area contributed by atoms with Gasteiger partial charge >= 0.3 is 0 Å². The van der Waals surface area contributed by atoms with Crippen LogP contribution in [0.15, 0.2) is 10.3 Å². The van der Waals surface area contributed by atoms with Crippen LogP contribution in [-0.4, -0.2) is 19.9 Å². The fraction of sp³-hybridized carbons (Fsp3) is 0.600. The molecule has 0 N–H and O–H groups in total. The zero-order valence-electron chi connectivity index (χ0n) is 5.12. The van der Waals surface area contributed by atoms with Crippen LogP contribution in [0.2, 0.25) is 0 Å². The molecule has 0 aliphatic carbocycles. The largest absolute Gasteiger partial charge is 0.254 e. The summed E-state index contributed by atoms with van der Waals surface area (Å²) in [5.41, 5.74) is 0. The van der Waals surface area contributed by atoms with Gasteiger partial charge in [0.2, 0.25) is 0 Å². The summed E-state index contributed by atoms with van der Waals surface area (Å²) in [6.45, 7) is 1.77. The number of rotatable bonds is 0. The van der Waals surface area contributed by atoms with Crippen molar-refractivity contribution in [1.29, 1.82) is 0 Å². The van der Waals surface area contributed by atoms with Crippen molar-refractivity contribution < 1.29 is 8.42 Å². The SMILES string of the molecule is CC=C1[S@](=O)CC[S@]1=O. The molecule has 4 heteroatoms. The standard InChI is InChI=1S/C5H8O2S2/c1-2-5-8(6)3-4-9(5)7/h2H,3-4H2,1H3/t8-,9-/m1/s1. The van der Waals surface area contributed by atoms with Crippen molar-refractivity contribution in [2.75, 3.05) is 11.5 Å². The van der Waals surface area contributed by atoms with E-state index in [0.717, 1.165) is 0 Å². The molecule has 0 amide bonds. The molecule has 2 nitrogen and oxygen atoms in total. The van der Waals surface area contributed by atoms with Crippen LogP contribution in [0.5, 0.6) is 0 Å². The van der Waals surface area contributed by atoms with Crippen LogP contribution in [0, 0.1) is 0 Å². The molecule has 52 valence electrons. The molecule has 0 unspecified atom stereocenters. The van der Waals surface area contributed by atoms with Crippen LogP contribution in [0.1, 0.15) is 6.92 Å². The quantitative estimate of drug-likeness (QED) is 0.518. The maximum Gasteiger partial charge on any atom is 0.0986 e. The van der Waals surface area contributed by atoms with Gasteiger partial charge in [-0.05, 0) is 6.92 Å². The molecule has 1 heterocycles. The lowest BCUT2D eigenvalue weighted by molar-refractivity contribution is 0.689. The summed E-state index contributed by atoms with van der Waals surface area (Å²) < 4.78 is 22.4. The van der Waals surface area contributed by atoms with Crippen molar-refractivity contribution >= 4 is 21.6 Å². The number of allylic oxidation sites excluding steroid dienone is 1. The molecule has 9 heavy (non-hydrogen) atoms. The highest BCUT2D eigenvalue weighted by Crippen LogP contribution is 2.15. The number of hydrogen-bond donors (Lipinski definition) is 0. The van der Waals surface area contributed by atoms with Gasteiger partial charge in [0.15, 0.2) is 0 Å². The summed E-state index contributed by atoms with van der Waals surface area (Å²) in [5, 5.41) is 0. The van der Waals surface area contributed by atoms with Crippen LogP contribution in [0.4, 0.5) is 0 Å². The number of hydrogen-bond acceptors (Lipinski definition) is 2. The smallest absolute Gasteiger partial charge is 0.0986 e. The van der Waals surface area contributed by atoms with E-state index >= 15 is 0 Å². The zero-order chi connectivity index (χ0) is 6.85. The highest BCUT2D eigenvalue weighted by atomic mass is 32.2. The lowest BCUT2D eigenvalue weighted by Gasteiger charge is -1.87. The molecular weight excluding hydrogens is 156 g/mol. The zero-order valence-corrected chi connectivity index (χ0v) is 6.76. The van der Waals surface area contributed by atoms with Crippen LogP contribution in [0.3, 0.4) is 0 Å². The highest BCUT2D eigenvalue weighted by Gasteiger charge is 2.21. The summed E-state index contributed by atoms with van der Waals surface area (Å²) in [6, 6.07) is 0. The third-order valence-corrected chi connectivity index (χ3v) is 5.03. The minimum absolute atomic E-state index is 0.576. The first kappa shape index (κ1) is 7.15. The predicted molar refractivity (Wildman–Crippen MR) is 39.8 cm³/mol. The summed E-state index contributed by atoms with van der Waals surface area (Å²) >= 11 is 0. The van der Waals surface area contributed by atoms with Crippen LogP contribution >= 0.6 is 0 Å². The van der Waals surface area contributed by atoms with E-state index in [4.69, 9.17) is 0 Å². The molecule has 0 aromatic heterocycles. The summed E-state index contributed by atoms with van der Waals surface area (Å²) in [7, 11) is -1.86. The fourth-order valence-electron chi connectivity index (χ4n) is 0.719. The average Bonchev–Trinajstić information content (AvgIpc) is 2.12. The van der Waals surface area contributed by atoms with E-state index in [-0.39, 0.29) is 0 Å². The summed E-state index contributed by atoms with van der Waals surface area (Å²) in [5.74, 6) is 1.15. The van der Waals surface area contributed by atoms with Gasteiger partial charge in [-0.25, -0.2) is 0 Å². The second kappa shape index (κ2) is 2.75. The molecular formula is C5H8O2S2. The lowest BCUT2D eigenvalue weighted by Crippen LogP contribution is -1.87. The maximum atomic E-state index is 10.9. The average molecular weight is 164 g/mol. The van der Waals surface area contributed by atoms with Gasteiger partial charge in [0.1, 0.15) is 0 Å². The Kier molecular flexibility index (Phi) is 2.18. The molecule has 1 aliphatic rings. The molecule has 0 aromatic rings. The Hall–Kier alpha value is 0.0400. The Morgan fingerprint density at radius 1 is 1.33 bits per heavy atom. The van der Waals surface area contributed by atoms with E-state index in [9.17, 15) is 8.42 Å². The van der Waals surface area contributed by atoms with E-state index < -0.39 is 21.6 Å². The normalized spacial score (nSPS) is 35.0. The van der Waals surface area contributed by atoms with Gasteiger partial charge in [-0.15, -0.1) is 0 Å². The Bertz CT molecular complexity index is 177. The molecule has 1 aliphatic heterocycles. The van der Waals surface area contributed by atoms with Gasteiger partial charge in [0.05, 0.1) is 25.8 Å². The molecule has 1 rings (SSSR count). The molecule has 0 saturated carbocycles. The van der Waals surface area contributed by atoms with E-state index in [0.29, 0.717) is 15.7 Å².